The molecule has 0 saturated carbocycles. The molecule has 2 rings (SSSR count). The van der Waals surface area contributed by atoms with E-state index in [0.717, 1.165) is 10.1 Å². The first-order chi connectivity index (χ1) is 8.58. The van der Waals surface area contributed by atoms with E-state index in [1.807, 2.05) is 6.07 Å². The van der Waals surface area contributed by atoms with Crippen molar-refractivity contribution in [2.75, 3.05) is 19.6 Å². The van der Waals surface area contributed by atoms with Gasteiger partial charge < -0.3 is 15.7 Å². The van der Waals surface area contributed by atoms with Gasteiger partial charge in [-0.2, -0.15) is 0 Å². The van der Waals surface area contributed by atoms with Gasteiger partial charge in [0.25, 0.3) is 5.91 Å². The Bertz CT molecular complexity index is 456. The third-order valence-corrected chi connectivity index (χ3v) is 3.99. The Balaban J connectivity index is 1.95. The minimum Gasteiger partial charge on any atom is -0.391 e. The molecular formula is C12H14ClIN2O2. The Kier molecular flexibility index (Phi) is 4.83. The molecule has 1 aromatic carbocycles. The maximum absolute atomic E-state index is 11.9. The minimum absolute atomic E-state index is 0.0663. The number of rotatable bonds is 3. The highest BCUT2D eigenvalue weighted by Gasteiger charge is 2.25. The van der Waals surface area contributed by atoms with E-state index in [1.54, 1.807) is 12.1 Å². The molecule has 4 nitrogen and oxygen atoms in total. The Morgan fingerprint density at radius 2 is 2.33 bits per heavy atom. The Morgan fingerprint density at radius 1 is 1.56 bits per heavy atom. The highest BCUT2D eigenvalue weighted by Crippen LogP contribution is 2.19. The quantitative estimate of drug-likeness (QED) is 0.692. The molecule has 2 atom stereocenters. The smallest absolute Gasteiger partial charge is 0.252 e. The zero-order valence-electron chi connectivity index (χ0n) is 9.62. The summed E-state index contributed by atoms with van der Waals surface area (Å²) in [6, 6.07) is 5.30. The van der Waals surface area contributed by atoms with E-state index in [-0.39, 0.29) is 11.8 Å². The second kappa shape index (κ2) is 6.18. The Hall–Kier alpha value is -0.370. The van der Waals surface area contributed by atoms with Crippen molar-refractivity contribution in [2.24, 2.45) is 5.92 Å². The van der Waals surface area contributed by atoms with Crippen molar-refractivity contribution in [3.05, 3.63) is 32.4 Å². The third-order valence-electron chi connectivity index (χ3n) is 3.00. The van der Waals surface area contributed by atoms with Gasteiger partial charge in [-0.15, -0.1) is 0 Å². The number of halogens is 2. The van der Waals surface area contributed by atoms with Crippen LogP contribution in [-0.4, -0.2) is 36.8 Å². The van der Waals surface area contributed by atoms with Gasteiger partial charge in [0.2, 0.25) is 0 Å². The van der Waals surface area contributed by atoms with Gasteiger partial charge in [-0.25, -0.2) is 0 Å². The van der Waals surface area contributed by atoms with Crippen LogP contribution in [0.25, 0.3) is 0 Å². The second-order valence-electron chi connectivity index (χ2n) is 4.32. The predicted molar refractivity (Wildman–Crippen MR) is 78.9 cm³/mol. The molecule has 1 aliphatic rings. The van der Waals surface area contributed by atoms with Crippen molar-refractivity contribution < 1.29 is 9.90 Å². The molecule has 1 heterocycles. The van der Waals surface area contributed by atoms with Crippen molar-refractivity contribution in [1.82, 2.24) is 10.6 Å². The monoisotopic (exact) mass is 380 g/mol. The topological polar surface area (TPSA) is 61.4 Å². The van der Waals surface area contributed by atoms with Crippen LogP contribution in [0.15, 0.2) is 18.2 Å². The molecule has 3 N–H and O–H groups in total. The van der Waals surface area contributed by atoms with Gasteiger partial charge in [0.1, 0.15) is 0 Å². The number of amides is 1. The first-order valence-electron chi connectivity index (χ1n) is 5.70. The van der Waals surface area contributed by atoms with Crippen molar-refractivity contribution in [2.45, 2.75) is 6.10 Å². The molecule has 1 amide bonds. The fraction of sp³-hybridized carbons (Fsp3) is 0.417. The highest BCUT2D eigenvalue weighted by molar-refractivity contribution is 14.1. The van der Waals surface area contributed by atoms with Crippen LogP contribution in [0.5, 0.6) is 0 Å². The Morgan fingerprint density at radius 3 is 2.94 bits per heavy atom. The van der Waals surface area contributed by atoms with Crippen LogP contribution >= 0.6 is 34.2 Å². The van der Waals surface area contributed by atoms with Crippen molar-refractivity contribution in [3.63, 3.8) is 0 Å². The lowest BCUT2D eigenvalue weighted by atomic mass is 10.1. The average Bonchev–Trinajstić information content (AvgIpc) is 2.72. The summed E-state index contributed by atoms with van der Waals surface area (Å²) in [6.07, 6.45) is -0.391. The normalized spacial score (nSPS) is 23.1. The second-order valence-corrected chi connectivity index (χ2v) is 5.97. The zero-order valence-corrected chi connectivity index (χ0v) is 12.5. The summed E-state index contributed by atoms with van der Waals surface area (Å²) in [4.78, 5) is 11.9. The van der Waals surface area contributed by atoms with Gasteiger partial charge in [0.15, 0.2) is 0 Å². The highest BCUT2D eigenvalue weighted by atomic mass is 127. The van der Waals surface area contributed by atoms with Gasteiger partial charge in [-0.05, 0) is 40.8 Å². The van der Waals surface area contributed by atoms with Crippen molar-refractivity contribution >= 4 is 40.1 Å². The van der Waals surface area contributed by atoms with Gasteiger partial charge in [-0.3, -0.25) is 4.79 Å². The van der Waals surface area contributed by atoms with Crippen LogP contribution in [0, 0.1) is 9.49 Å². The number of β-amino-alcohol motifs (C(OH)–C–C–N with tert-alkyl or cyclic N) is 1. The molecule has 0 radical (unpaired) electrons. The summed E-state index contributed by atoms with van der Waals surface area (Å²) in [6.45, 7) is 1.77. The van der Waals surface area contributed by atoms with E-state index in [1.165, 1.54) is 0 Å². The first kappa shape index (κ1) is 14.0. The molecule has 0 aromatic heterocycles. The number of aliphatic hydroxyl groups excluding tert-OH is 1. The van der Waals surface area contributed by atoms with Crippen LogP contribution in [0.1, 0.15) is 10.4 Å². The number of hydrogen-bond donors (Lipinski definition) is 3. The molecule has 0 spiro atoms. The Labute approximate surface area is 124 Å². The van der Waals surface area contributed by atoms with E-state index in [9.17, 15) is 9.90 Å². The van der Waals surface area contributed by atoms with Crippen LogP contribution in [0.4, 0.5) is 0 Å². The average molecular weight is 381 g/mol. The summed E-state index contributed by atoms with van der Waals surface area (Å²) in [7, 11) is 0. The molecule has 1 aromatic rings. The molecule has 0 aliphatic carbocycles. The molecule has 1 saturated heterocycles. The standard InChI is InChI=1S/C12H14ClIN2O2/c13-10-3-8(14)1-2-9(10)12(18)16-5-7-4-15-6-11(7)17/h1-3,7,11,15,17H,4-6H2,(H,16,18). The summed E-state index contributed by atoms with van der Waals surface area (Å²) in [5, 5.41) is 16.0. The number of carbonyl (C=O) groups excluding carboxylic acids is 1. The SMILES string of the molecule is O=C(NCC1CNCC1O)c1ccc(I)cc1Cl. The molecule has 18 heavy (non-hydrogen) atoms. The number of benzene rings is 1. The van der Waals surface area contributed by atoms with E-state index in [2.05, 4.69) is 33.2 Å². The number of aliphatic hydroxyl groups is 1. The lowest BCUT2D eigenvalue weighted by Crippen LogP contribution is -2.34. The lowest BCUT2D eigenvalue weighted by molar-refractivity contribution is 0.0927. The van der Waals surface area contributed by atoms with Crippen molar-refractivity contribution in [3.8, 4) is 0 Å². The molecule has 2 unspecified atom stereocenters. The molecule has 98 valence electrons. The summed E-state index contributed by atoms with van der Waals surface area (Å²) >= 11 is 8.16. The lowest BCUT2D eigenvalue weighted by Gasteiger charge is -2.14. The van der Waals surface area contributed by atoms with Crippen LogP contribution in [0.3, 0.4) is 0 Å². The van der Waals surface area contributed by atoms with Gasteiger partial charge in [0, 0.05) is 29.1 Å². The van der Waals surface area contributed by atoms with Gasteiger partial charge in [0.05, 0.1) is 16.7 Å². The van der Waals surface area contributed by atoms with E-state index < -0.39 is 6.10 Å². The van der Waals surface area contributed by atoms with Gasteiger partial charge >= 0.3 is 0 Å². The molecular weight excluding hydrogens is 367 g/mol. The zero-order chi connectivity index (χ0) is 13.1. The molecule has 0 bridgehead atoms. The summed E-state index contributed by atoms with van der Waals surface area (Å²) in [5.41, 5.74) is 0.470. The first-order valence-corrected chi connectivity index (χ1v) is 7.15. The van der Waals surface area contributed by atoms with Crippen LogP contribution < -0.4 is 10.6 Å². The van der Waals surface area contributed by atoms with E-state index >= 15 is 0 Å². The minimum atomic E-state index is -0.391. The molecule has 6 heteroatoms. The summed E-state index contributed by atoms with van der Waals surface area (Å²) < 4.78 is 0.990. The van der Waals surface area contributed by atoms with E-state index in [0.29, 0.717) is 23.7 Å². The molecule has 1 aliphatic heterocycles. The third kappa shape index (κ3) is 3.34. The van der Waals surface area contributed by atoms with Crippen molar-refractivity contribution in [1.29, 1.82) is 0 Å². The fourth-order valence-electron chi connectivity index (χ4n) is 1.92. The molecule has 1 fully saturated rings. The van der Waals surface area contributed by atoms with Crippen LogP contribution in [-0.2, 0) is 0 Å². The fourth-order valence-corrected chi connectivity index (χ4v) is 2.86. The predicted octanol–water partition coefficient (Wildman–Crippen LogP) is 1.25. The number of hydrogen-bond acceptors (Lipinski definition) is 3. The maximum Gasteiger partial charge on any atom is 0.252 e. The maximum atomic E-state index is 11.9. The summed E-state index contributed by atoms with van der Waals surface area (Å²) in [5.74, 6) is -0.132. The number of carbonyl (C=O) groups is 1. The van der Waals surface area contributed by atoms with Gasteiger partial charge in [-0.1, -0.05) is 11.6 Å². The van der Waals surface area contributed by atoms with E-state index in [4.69, 9.17) is 11.6 Å². The van der Waals surface area contributed by atoms with Crippen LogP contribution in [0.2, 0.25) is 5.02 Å². The largest absolute Gasteiger partial charge is 0.391 e. The number of nitrogens with one attached hydrogen (secondary N) is 2.